The van der Waals surface area contributed by atoms with Gasteiger partial charge in [0.1, 0.15) is 0 Å². The molecule has 1 aromatic heterocycles. The Hall–Kier alpha value is -2.81. The van der Waals surface area contributed by atoms with E-state index in [9.17, 15) is 18.4 Å². The number of morpholine rings is 1. The van der Waals surface area contributed by atoms with Crippen LogP contribution in [0.25, 0.3) is 5.69 Å². The lowest BCUT2D eigenvalue weighted by Crippen LogP contribution is -2.46. The third-order valence-corrected chi connectivity index (χ3v) is 5.36. The van der Waals surface area contributed by atoms with Crippen LogP contribution in [0.1, 0.15) is 28.2 Å². The van der Waals surface area contributed by atoms with E-state index in [4.69, 9.17) is 4.74 Å². The van der Waals surface area contributed by atoms with Gasteiger partial charge in [0.2, 0.25) is 5.91 Å². The first-order chi connectivity index (χ1) is 14.0. The monoisotopic (exact) mass is 404 g/mol. The second-order valence-corrected chi connectivity index (χ2v) is 7.29. The quantitative estimate of drug-likeness (QED) is 0.776. The molecule has 2 aliphatic rings. The van der Waals surface area contributed by atoms with Crippen LogP contribution in [-0.2, 0) is 22.4 Å². The molecule has 154 valence electrons. The minimum absolute atomic E-state index is 0.0500. The zero-order valence-electron chi connectivity index (χ0n) is 16.2. The van der Waals surface area contributed by atoms with E-state index in [0.717, 1.165) is 29.8 Å². The van der Waals surface area contributed by atoms with Crippen LogP contribution in [0.5, 0.6) is 0 Å². The fourth-order valence-corrected chi connectivity index (χ4v) is 3.81. The number of likely N-dealkylation sites (N-methyl/N-ethyl adjacent to an activating group) is 1. The first kappa shape index (κ1) is 19.5. The largest absolute Gasteiger partial charge is 0.378 e. The Balaban J connectivity index is 1.57. The van der Waals surface area contributed by atoms with Gasteiger partial charge < -0.3 is 14.5 Å². The summed E-state index contributed by atoms with van der Waals surface area (Å²) < 4.78 is 33.7. The predicted octanol–water partition coefficient (Wildman–Crippen LogP) is 1.57. The van der Waals surface area contributed by atoms with Gasteiger partial charge in [-0.2, -0.15) is 5.10 Å². The van der Waals surface area contributed by atoms with Gasteiger partial charge in [-0.05, 0) is 31.4 Å². The molecule has 0 spiro atoms. The van der Waals surface area contributed by atoms with Gasteiger partial charge in [0, 0.05) is 37.5 Å². The molecule has 1 aliphatic carbocycles. The van der Waals surface area contributed by atoms with Crippen LogP contribution in [0.4, 0.5) is 8.78 Å². The zero-order valence-corrected chi connectivity index (χ0v) is 16.2. The Morgan fingerprint density at radius 2 is 1.93 bits per heavy atom. The van der Waals surface area contributed by atoms with Crippen LogP contribution in [0.3, 0.4) is 0 Å². The fraction of sp³-hybridized carbons (Fsp3) is 0.450. The second kappa shape index (κ2) is 7.90. The van der Waals surface area contributed by atoms with Crippen molar-refractivity contribution in [3.8, 4) is 5.69 Å². The number of amides is 2. The highest BCUT2D eigenvalue weighted by Crippen LogP contribution is 2.29. The average Bonchev–Trinajstić information content (AvgIpc) is 3.33. The van der Waals surface area contributed by atoms with Gasteiger partial charge in [0.15, 0.2) is 17.3 Å². The minimum atomic E-state index is -0.967. The van der Waals surface area contributed by atoms with Crippen molar-refractivity contribution >= 4 is 11.8 Å². The molecule has 0 atom stereocenters. The number of fused-ring (bicyclic) bond motifs is 1. The van der Waals surface area contributed by atoms with E-state index in [1.165, 1.54) is 15.6 Å². The Kier molecular flexibility index (Phi) is 5.31. The number of nitrogens with zero attached hydrogens (tertiary/aromatic N) is 4. The number of aromatic nitrogens is 2. The average molecular weight is 404 g/mol. The van der Waals surface area contributed by atoms with Crippen molar-refractivity contribution in [1.29, 1.82) is 0 Å². The summed E-state index contributed by atoms with van der Waals surface area (Å²) in [6.45, 7) is 1.97. The molecular formula is C20H22F2N4O3. The maximum atomic E-state index is 13.7. The normalized spacial score (nSPS) is 16.0. The van der Waals surface area contributed by atoms with Crippen LogP contribution in [0.2, 0.25) is 0 Å². The predicted molar refractivity (Wildman–Crippen MR) is 99.9 cm³/mol. The van der Waals surface area contributed by atoms with Crippen molar-refractivity contribution in [3.05, 3.63) is 46.8 Å². The summed E-state index contributed by atoms with van der Waals surface area (Å²) in [5, 5.41) is 4.41. The van der Waals surface area contributed by atoms with E-state index in [0.29, 0.717) is 44.8 Å². The molecule has 0 unspecified atom stereocenters. The molecule has 0 N–H and O–H groups in total. The highest BCUT2D eigenvalue weighted by molar-refractivity contribution is 5.96. The smallest absolute Gasteiger partial charge is 0.274 e. The van der Waals surface area contributed by atoms with Crippen molar-refractivity contribution in [2.45, 2.75) is 19.3 Å². The molecule has 9 heteroatoms. The van der Waals surface area contributed by atoms with Crippen LogP contribution < -0.4 is 0 Å². The Labute approximate surface area is 166 Å². The van der Waals surface area contributed by atoms with Gasteiger partial charge >= 0.3 is 0 Å². The fourth-order valence-electron chi connectivity index (χ4n) is 3.81. The van der Waals surface area contributed by atoms with E-state index < -0.39 is 11.6 Å². The third kappa shape index (κ3) is 3.74. The molecule has 0 radical (unpaired) electrons. The SMILES string of the molecule is CN(CC(=O)N1CCOCC1)C(=O)c1nn(-c2ccc(F)c(F)c2)c2c1CCC2. The van der Waals surface area contributed by atoms with Crippen molar-refractivity contribution < 1.29 is 23.1 Å². The molecule has 1 fully saturated rings. The van der Waals surface area contributed by atoms with Crippen LogP contribution in [0.15, 0.2) is 18.2 Å². The number of hydrogen-bond donors (Lipinski definition) is 0. The highest BCUT2D eigenvalue weighted by atomic mass is 19.2. The number of carbonyl (C=O) groups excluding carboxylic acids is 2. The van der Waals surface area contributed by atoms with Gasteiger partial charge in [0.05, 0.1) is 25.4 Å². The summed E-state index contributed by atoms with van der Waals surface area (Å²) in [4.78, 5) is 28.5. The topological polar surface area (TPSA) is 67.7 Å². The van der Waals surface area contributed by atoms with Gasteiger partial charge in [-0.3, -0.25) is 9.59 Å². The lowest BCUT2D eigenvalue weighted by molar-refractivity contribution is -0.135. The summed E-state index contributed by atoms with van der Waals surface area (Å²) in [5.41, 5.74) is 2.27. The van der Waals surface area contributed by atoms with E-state index in [2.05, 4.69) is 5.10 Å². The lowest BCUT2D eigenvalue weighted by atomic mass is 10.2. The van der Waals surface area contributed by atoms with E-state index in [1.54, 1.807) is 11.9 Å². The maximum Gasteiger partial charge on any atom is 0.274 e. The van der Waals surface area contributed by atoms with Crippen molar-refractivity contribution in [2.24, 2.45) is 0 Å². The standard InChI is InChI=1S/C20H22F2N4O3/c1-24(12-18(27)25-7-9-29-10-8-25)20(28)19-14-3-2-4-17(14)26(23-19)13-5-6-15(21)16(22)11-13/h5-6,11H,2-4,7-10,12H2,1H3. The molecule has 0 saturated carbocycles. The number of ether oxygens (including phenoxy) is 1. The highest BCUT2D eigenvalue weighted by Gasteiger charge is 2.30. The number of rotatable bonds is 4. The van der Waals surface area contributed by atoms with Gasteiger partial charge in [-0.15, -0.1) is 0 Å². The number of hydrogen-bond acceptors (Lipinski definition) is 4. The summed E-state index contributed by atoms with van der Waals surface area (Å²) in [7, 11) is 1.57. The minimum Gasteiger partial charge on any atom is -0.378 e. The molecule has 1 saturated heterocycles. The van der Waals surface area contributed by atoms with E-state index >= 15 is 0 Å². The van der Waals surface area contributed by atoms with Gasteiger partial charge in [-0.25, -0.2) is 13.5 Å². The first-order valence-corrected chi connectivity index (χ1v) is 9.63. The van der Waals surface area contributed by atoms with Gasteiger partial charge in [-0.1, -0.05) is 0 Å². The van der Waals surface area contributed by atoms with Crippen LogP contribution >= 0.6 is 0 Å². The molecule has 2 heterocycles. The Morgan fingerprint density at radius 3 is 2.66 bits per heavy atom. The van der Waals surface area contributed by atoms with Crippen molar-refractivity contribution in [1.82, 2.24) is 19.6 Å². The molecule has 0 bridgehead atoms. The van der Waals surface area contributed by atoms with Crippen molar-refractivity contribution in [2.75, 3.05) is 39.9 Å². The third-order valence-electron chi connectivity index (χ3n) is 5.36. The molecular weight excluding hydrogens is 382 g/mol. The molecule has 1 aromatic carbocycles. The summed E-state index contributed by atoms with van der Waals surface area (Å²) in [5.74, 6) is -2.40. The summed E-state index contributed by atoms with van der Waals surface area (Å²) >= 11 is 0. The first-order valence-electron chi connectivity index (χ1n) is 9.63. The molecule has 2 amide bonds. The van der Waals surface area contributed by atoms with E-state index in [-0.39, 0.29) is 24.1 Å². The molecule has 29 heavy (non-hydrogen) atoms. The number of carbonyl (C=O) groups is 2. The maximum absolute atomic E-state index is 13.7. The number of halogens is 2. The second-order valence-electron chi connectivity index (χ2n) is 7.29. The molecule has 7 nitrogen and oxygen atoms in total. The summed E-state index contributed by atoms with van der Waals surface area (Å²) in [6, 6.07) is 3.55. The molecule has 4 rings (SSSR count). The van der Waals surface area contributed by atoms with Crippen LogP contribution in [-0.4, -0.2) is 71.3 Å². The van der Waals surface area contributed by atoms with E-state index in [1.807, 2.05) is 0 Å². The lowest BCUT2D eigenvalue weighted by Gasteiger charge is -2.28. The molecule has 2 aromatic rings. The zero-order chi connectivity index (χ0) is 20.5. The molecule has 1 aliphatic heterocycles. The van der Waals surface area contributed by atoms with Gasteiger partial charge in [0.25, 0.3) is 5.91 Å². The van der Waals surface area contributed by atoms with Crippen LogP contribution in [0, 0.1) is 11.6 Å². The summed E-state index contributed by atoms with van der Waals surface area (Å²) in [6.07, 6.45) is 2.24. The Morgan fingerprint density at radius 1 is 1.17 bits per heavy atom. The Bertz CT molecular complexity index is 953. The number of benzene rings is 1. The van der Waals surface area contributed by atoms with Crippen molar-refractivity contribution in [3.63, 3.8) is 0 Å².